The maximum absolute atomic E-state index is 10.7. The monoisotopic (exact) mass is 306 g/mol. The van der Waals surface area contributed by atoms with Crippen LogP contribution in [0.1, 0.15) is 11.3 Å². The van der Waals surface area contributed by atoms with Crippen LogP contribution in [-0.2, 0) is 0 Å². The molecule has 1 aromatic carbocycles. The van der Waals surface area contributed by atoms with Crippen LogP contribution in [0.5, 0.6) is 11.6 Å². The third-order valence-electron chi connectivity index (χ3n) is 2.62. The molecule has 0 amide bonds. The lowest BCUT2D eigenvalue weighted by atomic mass is 10.2. The number of nitrogens with zero attached hydrogens (tertiary/aromatic N) is 2. The highest BCUT2D eigenvalue weighted by Gasteiger charge is 2.15. The number of nitro benzene ring substituents is 1. The number of nitrogens with two attached hydrogens (primary N) is 1. The minimum Gasteiger partial charge on any atom is -0.438 e. The van der Waals surface area contributed by atoms with E-state index in [1.54, 1.807) is 19.1 Å². The Balaban J connectivity index is 2.38. The van der Waals surface area contributed by atoms with Gasteiger partial charge in [-0.1, -0.05) is 11.6 Å². The number of nitrogen functional groups attached to an aromatic ring is 1. The first-order valence-electron chi connectivity index (χ1n) is 5.82. The Bertz CT molecular complexity index is 733. The van der Waals surface area contributed by atoms with E-state index in [2.05, 4.69) is 4.98 Å². The molecule has 0 aliphatic carbocycles. The number of ether oxygens (including phenoxy) is 1. The molecule has 0 spiro atoms. The second-order valence-electron chi connectivity index (χ2n) is 4.19. The van der Waals surface area contributed by atoms with Gasteiger partial charge in [0.15, 0.2) is 0 Å². The molecule has 1 aromatic heterocycles. The lowest BCUT2D eigenvalue weighted by molar-refractivity contribution is -0.384. The summed E-state index contributed by atoms with van der Waals surface area (Å²) in [6.07, 6.45) is 0. The Labute approximate surface area is 125 Å². The quantitative estimate of drug-likeness (QED) is 0.390. The van der Waals surface area contributed by atoms with Gasteiger partial charge in [0.2, 0.25) is 5.88 Å². The molecule has 8 heteroatoms. The van der Waals surface area contributed by atoms with E-state index in [0.29, 0.717) is 11.3 Å². The molecule has 0 radical (unpaired) electrons. The van der Waals surface area contributed by atoms with E-state index in [4.69, 9.17) is 27.5 Å². The fourth-order valence-corrected chi connectivity index (χ4v) is 1.87. The van der Waals surface area contributed by atoms with Gasteiger partial charge in [-0.2, -0.15) is 0 Å². The maximum atomic E-state index is 10.7. The molecular weight excluding hydrogens is 296 g/mol. The van der Waals surface area contributed by atoms with Crippen LogP contribution in [0.25, 0.3) is 0 Å². The Hall–Kier alpha value is -2.67. The van der Waals surface area contributed by atoms with Crippen molar-refractivity contribution < 1.29 is 9.66 Å². The molecule has 21 heavy (non-hydrogen) atoms. The zero-order valence-electron chi connectivity index (χ0n) is 11.0. The normalized spacial score (nSPS) is 10.2. The van der Waals surface area contributed by atoms with E-state index in [0.717, 1.165) is 0 Å². The van der Waals surface area contributed by atoms with E-state index in [-0.39, 0.29) is 28.2 Å². The summed E-state index contributed by atoms with van der Waals surface area (Å²) in [5, 5.41) is 18.1. The zero-order chi connectivity index (χ0) is 15.6. The number of pyridine rings is 1. The molecule has 0 aliphatic heterocycles. The van der Waals surface area contributed by atoms with Gasteiger partial charge in [-0.15, -0.1) is 0 Å². The highest BCUT2D eigenvalue weighted by molar-refractivity contribution is 6.32. The maximum Gasteiger partial charge on any atom is 0.288 e. The van der Waals surface area contributed by atoms with Crippen molar-refractivity contribution in [2.75, 3.05) is 0 Å². The fourth-order valence-electron chi connectivity index (χ4n) is 1.63. The van der Waals surface area contributed by atoms with Crippen molar-refractivity contribution in [1.82, 2.24) is 4.98 Å². The summed E-state index contributed by atoms with van der Waals surface area (Å²) in [6, 6.07) is 7.27. The number of nitro groups is 1. The SMILES string of the molecule is Cc1ccc(C(=N)N)c(Oc2ccc([N+](=O)[O-])c(Cl)c2)n1. The molecule has 0 fully saturated rings. The fraction of sp³-hybridized carbons (Fsp3) is 0.0769. The molecule has 2 rings (SSSR count). The molecule has 2 aromatic rings. The standard InChI is InChI=1S/C13H11ClN4O3/c1-7-2-4-9(12(15)16)13(17-7)21-8-3-5-11(18(19)20)10(14)6-8/h2-6H,1H3,(H3,15,16). The summed E-state index contributed by atoms with van der Waals surface area (Å²) in [5.74, 6) is 0.226. The van der Waals surface area contributed by atoms with Crippen molar-refractivity contribution in [2.45, 2.75) is 6.92 Å². The summed E-state index contributed by atoms with van der Waals surface area (Å²) in [7, 11) is 0. The predicted molar refractivity (Wildman–Crippen MR) is 78.2 cm³/mol. The average Bonchev–Trinajstić information content (AvgIpc) is 2.37. The number of rotatable bonds is 4. The molecule has 1 heterocycles. The zero-order valence-corrected chi connectivity index (χ0v) is 11.7. The summed E-state index contributed by atoms with van der Waals surface area (Å²) in [6.45, 7) is 1.76. The van der Waals surface area contributed by atoms with Crippen LogP contribution in [0.4, 0.5) is 5.69 Å². The molecule has 0 saturated heterocycles. The number of halogens is 1. The highest BCUT2D eigenvalue weighted by Crippen LogP contribution is 2.31. The van der Waals surface area contributed by atoms with Gasteiger partial charge in [0, 0.05) is 17.8 Å². The van der Waals surface area contributed by atoms with Gasteiger partial charge in [-0.3, -0.25) is 15.5 Å². The number of aryl methyl sites for hydroxylation is 1. The molecule has 108 valence electrons. The number of amidine groups is 1. The van der Waals surface area contributed by atoms with E-state index < -0.39 is 4.92 Å². The van der Waals surface area contributed by atoms with Gasteiger partial charge in [0.05, 0.1) is 10.5 Å². The van der Waals surface area contributed by atoms with E-state index >= 15 is 0 Å². The minimum atomic E-state index is -0.585. The lowest BCUT2D eigenvalue weighted by Crippen LogP contribution is -2.13. The molecule has 0 saturated carbocycles. The van der Waals surface area contributed by atoms with E-state index in [1.807, 2.05) is 0 Å². The Morgan fingerprint density at radius 2 is 2.14 bits per heavy atom. The number of hydrogen-bond donors (Lipinski definition) is 2. The van der Waals surface area contributed by atoms with Gasteiger partial charge in [0.1, 0.15) is 16.6 Å². The van der Waals surface area contributed by atoms with Crippen LogP contribution >= 0.6 is 11.6 Å². The summed E-state index contributed by atoms with van der Waals surface area (Å²) in [5.41, 5.74) is 6.26. The van der Waals surface area contributed by atoms with Gasteiger partial charge >= 0.3 is 0 Å². The predicted octanol–water partition coefficient (Wildman–Crippen LogP) is 3.03. The lowest BCUT2D eigenvalue weighted by Gasteiger charge is -2.10. The Morgan fingerprint density at radius 1 is 1.43 bits per heavy atom. The second-order valence-corrected chi connectivity index (χ2v) is 4.60. The van der Waals surface area contributed by atoms with Crippen LogP contribution in [-0.4, -0.2) is 15.7 Å². The van der Waals surface area contributed by atoms with Crippen molar-refractivity contribution in [2.24, 2.45) is 5.73 Å². The van der Waals surface area contributed by atoms with Crippen molar-refractivity contribution in [1.29, 1.82) is 5.41 Å². The van der Waals surface area contributed by atoms with E-state index in [1.165, 1.54) is 18.2 Å². The van der Waals surface area contributed by atoms with Gasteiger partial charge in [-0.05, 0) is 25.1 Å². The summed E-state index contributed by atoms with van der Waals surface area (Å²) < 4.78 is 5.53. The molecule has 7 nitrogen and oxygen atoms in total. The first-order chi connectivity index (χ1) is 9.88. The number of hydrogen-bond acceptors (Lipinski definition) is 5. The first-order valence-corrected chi connectivity index (χ1v) is 6.20. The molecule has 0 unspecified atom stereocenters. The van der Waals surface area contributed by atoms with Crippen LogP contribution in [0.2, 0.25) is 5.02 Å². The Kier molecular flexibility index (Phi) is 4.04. The number of nitrogens with one attached hydrogen (secondary N) is 1. The van der Waals surface area contributed by atoms with Crippen molar-refractivity contribution >= 4 is 23.1 Å². The first kappa shape index (κ1) is 14.7. The number of benzene rings is 1. The van der Waals surface area contributed by atoms with Crippen molar-refractivity contribution in [3.8, 4) is 11.6 Å². The van der Waals surface area contributed by atoms with Crippen molar-refractivity contribution in [3.63, 3.8) is 0 Å². The molecule has 0 atom stereocenters. The minimum absolute atomic E-state index is 0.0467. The topological polar surface area (TPSA) is 115 Å². The molecular formula is C13H11ClN4O3. The van der Waals surface area contributed by atoms with Crippen LogP contribution in [0.3, 0.4) is 0 Å². The number of aromatic nitrogens is 1. The average molecular weight is 307 g/mol. The second kappa shape index (κ2) is 5.76. The van der Waals surface area contributed by atoms with Gasteiger partial charge < -0.3 is 10.5 Å². The van der Waals surface area contributed by atoms with Crippen LogP contribution in [0.15, 0.2) is 30.3 Å². The van der Waals surface area contributed by atoms with Gasteiger partial charge in [-0.25, -0.2) is 4.98 Å². The van der Waals surface area contributed by atoms with Crippen LogP contribution in [0, 0.1) is 22.4 Å². The third-order valence-corrected chi connectivity index (χ3v) is 2.92. The van der Waals surface area contributed by atoms with Crippen molar-refractivity contribution in [3.05, 3.63) is 56.7 Å². The van der Waals surface area contributed by atoms with Gasteiger partial charge in [0.25, 0.3) is 5.69 Å². The largest absolute Gasteiger partial charge is 0.438 e. The summed E-state index contributed by atoms with van der Waals surface area (Å²) >= 11 is 5.82. The Morgan fingerprint density at radius 3 is 2.71 bits per heavy atom. The van der Waals surface area contributed by atoms with E-state index in [9.17, 15) is 10.1 Å². The summed E-state index contributed by atoms with van der Waals surface area (Å²) in [4.78, 5) is 14.3. The highest BCUT2D eigenvalue weighted by atomic mass is 35.5. The molecule has 0 aliphatic rings. The van der Waals surface area contributed by atoms with Crippen LogP contribution < -0.4 is 10.5 Å². The molecule has 0 bridgehead atoms. The smallest absolute Gasteiger partial charge is 0.288 e. The molecule has 3 N–H and O–H groups in total. The third kappa shape index (κ3) is 3.26.